The Kier molecular flexibility index (Phi) is 4.43. The predicted octanol–water partition coefficient (Wildman–Crippen LogP) is 2.04. The molecule has 3 aromatic rings. The normalized spacial score (nSPS) is 12.0. The molecule has 0 aliphatic carbocycles. The van der Waals surface area contributed by atoms with Gasteiger partial charge in [0.05, 0.1) is 5.39 Å². The number of carboxylic acids is 1. The number of pyridine rings is 1. The molecule has 0 fully saturated rings. The molecule has 3 rings (SSSR count). The highest BCUT2D eigenvalue weighted by Crippen LogP contribution is 2.15. The number of halogens is 1. The van der Waals surface area contributed by atoms with Gasteiger partial charge in [0.15, 0.2) is 5.65 Å². The van der Waals surface area contributed by atoms with Crippen LogP contribution in [-0.4, -0.2) is 38.2 Å². The van der Waals surface area contributed by atoms with Crippen molar-refractivity contribution < 1.29 is 14.7 Å². The number of nitrogens with one attached hydrogen (secondary N) is 2. The largest absolute Gasteiger partial charge is 0.480 e. The fraction of sp³-hybridized carbons (Fsp3) is 0.125. The zero-order valence-electron chi connectivity index (χ0n) is 12.4. The highest BCUT2D eigenvalue weighted by molar-refractivity contribution is 6.30. The number of aromatic amines is 1. The van der Waals surface area contributed by atoms with E-state index in [1.807, 2.05) is 0 Å². The fourth-order valence-electron chi connectivity index (χ4n) is 2.35. The Balaban J connectivity index is 1.80. The van der Waals surface area contributed by atoms with Crippen molar-refractivity contribution in [3.05, 3.63) is 58.9 Å². The van der Waals surface area contributed by atoms with Crippen LogP contribution in [0.15, 0.2) is 42.6 Å². The van der Waals surface area contributed by atoms with Gasteiger partial charge in [0.2, 0.25) is 0 Å². The van der Waals surface area contributed by atoms with E-state index < -0.39 is 17.9 Å². The topological polar surface area (TPSA) is 108 Å². The molecule has 0 saturated heterocycles. The maximum atomic E-state index is 12.4. The minimum Gasteiger partial charge on any atom is -0.480 e. The van der Waals surface area contributed by atoms with Crippen LogP contribution in [0.2, 0.25) is 5.02 Å². The molecular formula is C16H13ClN4O3. The average molecular weight is 345 g/mol. The number of H-pyrrole nitrogens is 1. The minimum absolute atomic E-state index is 0.117. The maximum Gasteiger partial charge on any atom is 0.326 e. The van der Waals surface area contributed by atoms with Crippen LogP contribution in [0.25, 0.3) is 11.0 Å². The zero-order chi connectivity index (χ0) is 17.1. The van der Waals surface area contributed by atoms with Gasteiger partial charge in [-0.15, -0.1) is 0 Å². The van der Waals surface area contributed by atoms with E-state index in [-0.39, 0.29) is 12.1 Å². The Hall–Kier alpha value is -2.93. The number of aliphatic carboxylic acids is 1. The second-order valence-corrected chi connectivity index (χ2v) is 5.61. The molecule has 0 bridgehead atoms. The molecule has 0 radical (unpaired) electrons. The number of hydrogen-bond donors (Lipinski definition) is 3. The second kappa shape index (κ2) is 6.67. The van der Waals surface area contributed by atoms with E-state index in [2.05, 4.69) is 20.5 Å². The Bertz CT molecular complexity index is 909. The van der Waals surface area contributed by atoms with Gasteiger partial charge < -0.3 is 10.4 Å². The van der Waals surface area contributed by atoms with Crippen molar-refractivity contribution in [2.75, 3.05) is 0 Å². The van der Waals surface area contributed by atoms with E-state index in [1.54, 1.807) is 42.6 Å². The Morgan fingerprint density at radius 3 is 2.88 bits per heavy atom. The van der Waals surface area contributed by atoms with Crippen molar-refractivity contribution in [1.29, 1.82) is 0 Å². The van der Waals surface area contributed by atoms with Crippen molar-refractivity contribution >= 4 is 34.5 Å². The molecule has 2 aromatic heterocycles. The smallest absolute Gasteiger partial charge is 0.326 e. The highest BCUT2D eigenvalue weighted by atomic mass is 35.5. The van der Waals surface area contributed by atoms with Crippen molar-refractivity contribution in [2.45, 2.75) is 12.5 Å². The van der Waals surface area contributed by atoms with Crippen LogP contribution in [-0.2, 0) is 11.2 Å². The summed E-state index contributed by atoms with van der Waals surface area (Å²) in [6.45, 7) is 0. The SMILES string of the molecule is O=C(N[C@H](Cc1cccc(Cl)c1)C(=O)O)c1[nH]nc2ncccc12. The first-order valence-electron chi connectivity index (χ1n) is 7.12. The van der Waals surface area contributed by atoms with E-state index in [4.69, 9.17) is 11.6 Å². The molecule has 24 heavy (non-hydrogen) atoms. The van der Waals surface area contributed by atoms with Crippen LogP contribution < -0.4 is 5.32 Å². The lowest BCUT2D eigenvalue weighted by Gasteiger charge is -2.14. The number of carbonyl (C=O) groups excluding carboxylic acids is 1. The van der Waals surface area contributed by atoms with Gasteiger partial charge in [-0.05, 0) is 29.8 Å². The summed E-state index contributed by atoms with van der Waals surface area (Å²) >= 11 is 5.91. The standard InChI is InChI=1S/C16H13ClN4O3/c17-10-4-1-3-9(7-10)8-12(16(23)24)19-15(22)13-11-5-2-6-18-14(11)21-20-13/h1-7,12H,8H2,(H,19,22)(H,23,24)(H,18,20,21)/t12-/m1/s1. The van der Waals surface area contributed by atoms with Gasteiger partial charge in [0, 0.05) is 17.6 Å². The average Bonchev–Trinajstić information content (AvgIpc) is 2.98. The molecule has 2 heterocycles. The quantitative estimate of drug-likeness (QED) is 0.656. The first kappa shape index (κ1) is 15.9. The van der Waals surface area contributed by atoms with Crippen molar-refractivity contribution in [2.24, 2.45) is 0 Å². The predicted molar refractivity (Wildman–Crippen MR) is 87.9 cm³/mol. The molecule has 7 nitrogen and oxygen atoms in total. The summed E-state index contributed by atoms with van der Waals surface area (Å²) in [6.07, 6.45) is 1.68. The maximum absolute atomic E-state index is 12.4. The first-order chi connectivity index (χ1) is 11.5. The molecule has 1 atom stereocenters. The number of amides is 1. The summed E-state index contributed by atoms with van der Waals surface area (Å²) in [5, 5.41) is 19.4. The molecule has 0 aliphatic rings. The summed E-state index contributed by atoms with van der Waals surface area (Å²) in [5.74, 6) is -1.69. The van der Waals surface area contributed by atoms with E-state index in [0.29, 0.717) is 21.6 Å². The highest BCUT2D eigenvalue weighted by Gasteiger charge is 2.23. The van der Waals surface area contributed by atoms with E-state index in [0.717, 1.165) is 0 Å². The lowest BCUT2D eigenvalue weighted by molar-refractivity contribution is -0.139. The third-order valence-electron chi connectivity index (χ3n) is 3.49. The van der Waals surface area contributed by atoms with E-state index >= 15 is 0 Å². The molecule has 3 N–H and O–H groups in total. The molecule has 0 saturated carbocycles. The van der Waals surface area contributed by atoms with Crippen LogP contribution in [0, 0.1) is 0 Å². The summed E-state index contributed by atoms with van der Waals surface area (Å²) in [7, 11) is 0. The fourth-order valence-corrected chi connectivity index (χ4v) is 2.57. The van der Waals surface area contributed by atoms with Gasteiger partial charge >= 0.3 is 5.97 Å². The third kappa shape index (κ3) is 3.36. The zero-order valence-corrected chi connectivity index (χ0v) is 13.1. The second-order valence-electron chi connectivity index (χ2n) is 5.17. The molecular weight excluding hydrogens is 332 g/mol. The summed E-state index contributed by atoms with van der Waals surface area (Å²) in [4.78, 5) is 27.9. The van der Waals surface area contributed by atoms with Crippen LogP contribution >= 0.6 is 11.6 Å². The van der Waals surface area contributed by atoms with Crippen molar-refractivity contribution in [1.82, 2.24) is 20.5 Å². The van der Waals surface area contributed by atoms with Crippen LogP contribution in [0.4, 0.5) is 0 Å². The van der Waals surface area contributed by atoms with Crippen LogP contribution in [0.5, 0.6) is 0 Å². The van der Waals surface area contributed by atoms with Crippen LogP contribution in [0.1, 0.15) is 16.1 Å². The van der Waals surface area contributed by atoms with Gasteiger partial charge in [-0.3, -0.25) is 9.89 Å². The first-order valence-corrected chi connectivity index (χ1v) is 7.49. The molecule has 122 valence electrons. The number of nitrogens with zero attached hydrogens (tertiary/aromatic N) is 2. The third-order valence-corrected chi connectivity index (χ3v) is 3.72. The van der Waals surface area contributed by atoms with Gasteiger partial charge in [0.25, 0.3) is 5.91 Å². The van der Waals surface area contributed by atoms with E-state index in [9.17, 15) is 14.7 Å². The summed E-state index contributed by atoms with van der Waals surface area (Å²) in [6, 6.07) is 9.12. The molecule has 1 amide bonds. The van der Waals surface area contributed by atoms with E-state index in [1.165, 1.54) is 0 Å². The van der Waals surface area contributed by atoms with Gasteiger partial charge in [-0.2, -0.15) is 5.10 Å². The van der Waals surface area contributed by atoms with Crippen molar-refractivity contribution in [3.8, 4) is 0 Å². The number of carboxylic acid groups (broad SMARTS) is 1. The molecule has 0 spiro atoms. The summed E-state index contributed by atoms with van der Waals surface area (Å²) in [5.41, 5.74) is 1.28. The van der Waals surface area contributed by atoms with Gasteiger partial charge in [0.1, 0.15) is 11.7 Å². The molecule has 0 aliphatic heterocycles. The number of aromatic nitrogens is 3. The van der Waals surface area contributed by atoms with Crippen LogP contribution in [0.3, 0.4) is 0 Å². The lowest BCUT2D eigenvalue weighted by Crippen LogP contribution is -2.42. The number of carbonyl (C=O) groups is 2. The Morgan fingerprint density at radius 1 is 1.29 bits per heavy atom. The van der Waals surface area contributed by atoms with Gasteiger partial charge in [-0.25, -0.2) is 9.78 Å². The molecule has 8 heteroatoms. The van der Waals surface area contributed by atoms with Crippen molar-refractivity contribution in [3.63, 3.8) is 0 Å². The Labute approximate surface area is 141 Å². The molecule has 0 unspecified atom stereocenters. The monoisotopic (exact) mass is 344 g/mol. The number of benzene rings is 1. The minimum atomic E-state index is -1.13. The number of hydrogen-bond acceptors (Lipinski definition) is 4. The van der Waals surface area contributed by atoms with Gasteiger partial charge in [-0.1, -0.05) is 23.7 Å². The lowest BCUT2D eigenvalue weighted by atomic mass is 10.1. The summed E-state index contributed by atoms with van der Waals surface area (Å²) < 4.78 is 0. The number of fused-ring (bicyclic) bond motifs is 1. The Morgan fingerprint density at radius 2 is 2.12 bits per heavy atom. The number of rotatable bonds is 5. The molecule has 1 aromatic carbocycles.